The minimum Gasteiger partial charge on any atom is -0.329 e. The van der Waals surface area contributed by atoms with Crippen LogP contribution >= 0.6 is 12.4 Å². The van der Waals surface area contributed by atoms with Crippen molar-refractivity contribution in [2.75, 3.05) is 19.6 Å². The number of nitrogens with zero attached hydrogens (tertiary/aromatic N) is 2. The molecule has 136 valence electrons. The number of halogens is 1. The number of hydrogen-bond donors (Lipinski definition) is 1. The van der Waals surface area contributed by atoms with Gasteiger partial charge >= 0.3 is 0 Å². The second-order valence-corrected chi connectivity index (χ2v) is 7.90. The fourth-order valence-corrected chi connectivity index (χ4v) is 4.64. The van der Waals surface area contributed by atoms with Crippen molar-refractivity contribution in [1.82, 2.24) is 8.61 Å². The highest BCUT2D eigenvalue weighted by molar-refractivity contribution is 7.86. The lowest BCUT2D eigenvalue weighted by atomic mass is 10.0. The molecule has 2 aromatic carbocycles. The molecule has 1 aliphatic heterocycles. The summed E-state index contributed by atoms with van der Waals surface area (Å²) in [6, 6.07) is 17.7. The molecule has 0 fully saturated rings. The number of fused-ring (bicyclic) bond motifs is 1. The third-order valence-corrected chi connectivity index (χ3v) is 6.26. The van der Waals surface area contributed by atoms with E-state index in [2.05, 4.69) is 6.07 Å². The van der Waals surface area contributed by atoms with E-state index in [1.165, 1.54) is 9.87 Å². The minimum absolute atomic E-state index is 0. The molecule has 2 aromatic rings. The largest absolute Gasteiger partial charge is 0.329 e. The summed E-state index contributed by atoms with van der Waals surface area (Å²) in [4.78, 5) is 0. The normalized spacial score (nSPS) is 14.8. The van der Waals surface area contributed by atoms with Crippen molar-refractivity contribution >= 4 is 22.6 Å². The Hall–Kier alpha value is -1.44. The molecule has 0 bridgehead atoms. The third-order valence-electron chi connectivity index (χ3n) is 4.33. The number of hydrogen-bond acceptors (Lipinski definition) is 3. The lowest BCUT2D eigenvalue weighted by molar-refractivity contribution is 0.323. The number of nitrogens with two attached hydrogens (primary N) is 1. The van der Waals surface area contributed by atoms with Crippen LogP contribution in [0.5, 0.6) is 0 Å². The molecule has 2 N–H and O–H groups in total. The van der Waals surface area contributed by atoms with Crippen molar-refractivity contribution < 1.29 is 8.42 Å². The van der Waals surface area contributed by atoms with Gasteiger partial charge in [-0.3, -0.25) is 0 Å². The molecule has 0 radical (unpaired) electrons. The summed E-state index contributed by atoms with van der Waals surface area (Å²) < 4.78 is 29.2. The Labute approximate surface area is 156 Å². The zero-order valence-electron chi connectivity index (χ0n) is 14.0. The van der Waals surface area contributed by atoms with Crippen LogP contribution < -0.4 is 5.73 Å². The van der Waals surface area contributed by atoms with Gasteiger partial charge in [0.05, 0.1) is 0 Å². The van der Waals surface area contributed by atoms with Crippen LogP contribution in [-0.2, 0) is 29.7 Å². The predicted octanol–water partition coefficient (Wildman–Crippen LogP) is 2.17. The van der Waals surface area contributed by atoms with Gasteiger partial charge in [0, 0.05) is 32.7 Å². The summed E-state index contributed by atoms with van der Waals surface area (Å²) in [5.41, 5.74) is 8.94. The first-order chi connectivity index (χ1) is 11.6. The summed E-state index contributed by atoms with van der Waals surface area (Å²) in [5, 5.41) is 0. The van der Waals surface area contributed by atoms with E-state index in [0.29, 0.717) is 32.7 Å². The molecule has 3 rings (SSSR count). The van der Waals surface area contributed by atoms with Crippen molar-refractivity contribution in [3.05, 3.63) is 71.3 Å². The van der Waals surface area contributed by atoms with E-state index in [1.807, 2.05) is 48.5 Å². The predicted molar refractivity (Wildman–Crippen MR) is 103 cm³/mol. The molecule has 0 amide bonds. The molecule has 0 aliphatic carbocycles. The second-order valence-electron chi connectivity index (χ2n) is 5.97. The average molecular weight is 382 g/mol. The minimum atomic E-state index is -3.54. The van der Waals surface area contributed by atoms with E-state index in [4.69, 9.17) is 5.73 Å². The zero-order chi connectivity index (χ0) is 17.0. The van der Waals surface area contributed by atoms with Crippen LogP contribution in [0.1, 0.15) is 16.7 Å². The molecule has 0 aromatic heterocycles. The van der Waals surface area contributed by atoms with Crippen molar-refractivity contribution in [2.45, 2.75) is 19.5 Å². The monoisotopic (exact) mass is 381 g/mol. The number of benzene rings is 2. The topological polar surface area (TPSA) is 66.6 Å². The lowest BCUT2D eigenvalue weighted by Crippen LogP contribution is -2.47. The van der Waals surface area contributed by atoms with Crippen molar-refractivity contribution in [1.29, 1.82) is 0 Å². The van der Waals surface area contributed by atoms with Gasteiger partial charge in [0.25, 0.3) is 10.2 Å². The van der Waals surface area contributed by atoms with Crippen molar-refractivity contribution in [3.8, 4) is 0 Å². The SMILES string of the molecule is Cl.NCCN(Cc1ccccc1)S(=O)(=O)N1CCc2ccccc2C1. The maximum absolute atomic E-state index is 13.1. The van der Waals surface area contributed by atoms with Crippen LogP contribution in [0.15, 0.2) is 54.6 Å². The van der Waals surface area contributed by atoms with Gasteiger partial charge in [-0.15, -0.1) is 12.4 Å². The fraction of sp³-hybridized carbons (Fsp3) is 0.333. The van der Waals surface area contributed by atoms with Gasteiger partial charge in [0.15, 0.2) is 0 Å². The smallest absolute Gasteiger partial charge is 0.282 e. The molecule has 1 heterocycles. The van der Waals surface area contributed by atoms with E-state index in [1.54, 1.807) is 4.31 Å². The maximum atomic E-state index is 13.1. The van der Waals surface area contributed by atoms with Crippen LogP contribution in [0.2, 0.25) is 0 Å². The Morgan fingerprint density at radius 2 is 1.64 bits per heavy atom. The Morgan fingerprint density at radius 3 is 2.32 bits per heavy atom. The van der Waals surface area contributed by atoms with Crippen molar-refractivity contribution in [3.63, 3.8) is 0 Å². The molecule has 0 atom stereocenters. The molecule has 25 heavy (non-hydrogen) atoms. The second kappa shape index (κ2) is 8.78. The standard InChI is InChI=1S/C18H23N3O2S.ClH/c19-11-13-21(14-16-6-2-1-3-7-16)24(22,23)20-12-10-17-8-4-5-9-18(17)15-20;/h1-9H,10-15,19H2;1H. The van der Waals surface area contributed by atoms with E-state index < -0.39 is 10.2 Å². The van der Waals surface area contributed by atoms with Gasteiger partial charge in [0.1, 0.15) is 0 Å². The Morgan fingerprint density at radius 1 is 1.00 bits per heavy atom. The van der Waals surface area contributed by atoms with E-state index in [-0.39, 0.29) is 12.4 Å². The highest BCUT2D eigenvalue weighted by Gasteiger charge is 2.31. The summed E-state index contributed by atoms with van der Waals surface area (Å²) in [5.74, 6) is 0. The van der Waals surface area contributed by atoms with Crippen molar-refractivity contribution in [2.24, 2.45) is 5.73 Å². The first-order valence-electron chi connectivity index (χ1n) is 8.17. The molecule has 0 saturated heterocycles. The van der Waals surface area contributed by atoms with Gasteiger partial charge in [-0.25, -0.2) is 0 Å². The molecule has 5 nitrogen and oxygen atoms in total. The van der Waals surface area contributed by atoms with Crippen LogP contribution in [0.4, 0.5) is 0 Å². The molecule has 7 heteroatoms. The Kier molecular flexibility index (Phi) is 6.98. The quantitative estimate of drug-likeness (QED) is 0.833. The van der Waals surface area contributed by atoms with E-state index >= 15 is 0 Å². The molecule has 0 saturated carbocycles. The summed E-state index contributed by atoms with van der Waals surface area (Å²) in [7, 11) is -3.54. The van der Waals surface area contributed by atoms with E-state index in [9.17, 15) is 8.42 Å². The first kappa shape index (κ1) is 19.9. The molecule has 1 aliphatic rings. The Bertz CT molecular complexity index is 784. The van der Waals surface area contributed by atoms with E-state index in [0.717, 1.165) is 17.5 Å². The van der Waals surface area contributed by atoms with Gasteiger partial charge < -0.3 is 5.73 Å². The fourth-order valence-electron chi connectivity index (χ4n) is 3.04. The van der Waals surface area contributed by atoms with Gasteiger partial charge in [-0.1, -0.05) is 54.6 Å². The van der Waals surface area contributed by atoms with Crippen LogP contribution in [-0.4, -0.2) is 36.7 Å². The van der Waals surface area contributed by atoms with Crippen LogP contribution in [0, 0.1) is 0 Å². The lowest BCUT2D eigenvalue weighted by Gasteiger charge is -2.33. The molecular formula is C18H24ClN3O2S. The van der Waals surface area contributed by atoms with Gasteiger partial charge in [-0.05, 0) is 23.1 Å². The summed E-state index contributed by atoms with van der Waals surface area (Å²) in [6.07, 6.45) is 0.747. The van der Waals surface area contributed by atoms with Crippen LogP contribution in [0.25, 0.3) is 0 Å². The maximum Gasteiger partial charge on any atom is 0.282 e. The molecular weight excluding hydrogens is 358 g/mol. The Balaban J connectivity index is 0.00000225. The first-order valence-corrected chi connectivity index (χ1v) is 9.57. The highest BCUT2D eigenvalue weighted by Crippen LogP contribution is 2.23. The average Bonchev–Trinajstić information content (AvgIpc) is 2.62. The summed E-state index contributed by atoms with van der Waals surface area (Å²) >= 11 is 0. The number of rotatable bonds is 6. The zero-order valence-corrected chi connectivity index (χ0v) is 15.7. The summed E-state index contributed by atoms with van der Waals surface area (Å²) in [6.45, 7) is 1.90. The van der Waals surface area contributed by atoms with Gasteiger partial charge in [0.2, 0.25) is 0 Å². The van der Waals surface area contributed by atoms with Gasteiger partial charge in [-0.2, -0.15) is 17.0 Å². The molecule has 0 spiro atoms. The molecule has 0 unspecified atom stereocenters. The third kappa shape index (κ3) is 4.59. The highest BCUT2D eigenvalue weighted by atomic mass is 35.5. The van der Waals surface area contributed by atoms with Crippen LogP contribution in [0.3, 0.4) is 0 Å².